The molecule has 1 saturated carbocycles. The average Bonchev–Trinajstić information content (AvgIpc) is 1.83. The molecule has 0 spiro atoms. The van der Waals surface area contributed by atoms with Crippen LogP contribution in [0.4, 0.5) is 0 Å². The number of rotatable bonds is 1. The molecule has 0 amide bonds. The van der Waals surface area contributed by atoms with E-state index in [0.717, 1.165) is 12.8 Å². The molecule has 0 N–H and O–H groups in total. The number of ketones is 1. The molecule has 0 unspecified atom stereocenters. The van der Waals surface area contributed by atoms with Crippen molar-refractivity contribution in [3.63, 3.8) is 0 Å². The minimum Gasteiger partial charge on any atom is -0.299 e. The summed E-state index contributed by atoms with van der Waals surface area (Å²) >= 11 is 0. The molecule has 8 heavy (non-hydrogen) atoms. The van der Waals surface area contributed by atoms with Crippen LogP contribution in [-0.2, 0) is 4.79 Å². The Morgan fingerprint density at radius 1 is 1.88 bits per heavy atom. The Morgan fingerprint density at radius 2 is 2.50 bits per heavy atom. The quantitative estimate of drug-likeness (QED) is 0.468. The molecule has 1 rings (SSSR count). The lowest BCUT2D eigenvalue weighted by molar-refractivity contribution is -0.133. The molecule has 1 aliphatic carbocycles. The molecule has 0 saturated heterocycles. The summed E-state index contributed by atoms with van der Waals surface area (Å²) < 4.78 is 0. The van der Waals surface area contributed by atoms with E-state index in [4.69, 9.17) is 0 Å². The highest BCUT2D eigenvalue weighted by atomic mass is 16.1. The molecule has 0 heterocycles. The maximum absolute atomic E-state index is 10.7. The van der Waals surface area contributed by atoms with Crippen LogP contribution in [-0.4, -0.2) is 5.78 Å². The number of carbonyl (C=O) groups excluding carboxylic acids is 1. The van der Waals surface area contributed by atoms with Crippen LogP contribution in [0, 0.1) is 5.41 Å². The van der Waals surface area contributed by atoms with Crippen LogP contribution in [0.15, 0.2) is 12.7 Å². The molecule has 0 radical (unpaired) electrons. The molecule has 44 valence electrons. The zero-order chi connectivity index (χ0) is 6.20. The summed E-state index contributed by atoms with van der Waals surface area (Å²) in [4.78, 5) is 10.7. The first-order valence-corrected chi connectivity index (χ1v) is 2.86. The molecule has 0 bridgehead atoms. The Kier molecular flexibility index (Phi) is 0.999. The molecule has 1 fully saturated rings. The van der Waals surface area contributed by atoms with Gasteiger partial charge in [0.2, 0.25) is 0 Å². The third-order valence-corrected chi connectivity index (χ3v) is 1.96. The number of Topliss-reactive ketones (excluding diaryl/α,β-unsaturated/α-hetero) is 1. The first-order chi connectivity index (χ1) is 3.69. The fourth-order valence-corrected chi connectivity index (χ4v) is 0.837. The maximum Gasteiger partial charge on any atom is 0.142 e. The zero-order valence-corrected chi connectivity index (χ0v) is 5.11. The highest BCUT2D eigenvalue weighted by molar-refractivity contribution is 5.91. The molecule has 0 aliphatic heterocycles. The van der Waals surface area contributed by atoms with E-state index in [9.17, 15) is 4.79 Å². The maximum atomic E-state index is 10.7. The van der Waals surface area contributed by atoms with Gasteiger partial charge in [-0.3, -0.25) is 4.79 Å². The summed E-state index contributed by atoms with van der Waals surface area (Å²) in [6.45, 7) is 5.52. The van der Waals surface area contributed by atoms with E-state index in [1.165, 1.54) is 0 Å². The summed E-state index contributed by atoms with van der Waals surface area (Å²) in [5, 5.41) is 0. The second-order valence-corrected chi connectivity index (χ2v) is 2.54. The van der Waals surface area contributed by atoms with Gasteiger partial charge in [0.1, 0.15) is 5.78 Å². The van der Waals surface area contributed by atoms with Crippen LogP contribution in [0.2, 0.25) is 0 Å². The summed E-state index contributed by atoms with van der Waals surface area (Å²) in [5.41, 5.74) is -0.153. The van der Waals surface area contributed by atoms with Gasteiger partial charge in [-0.15, -0.1) is 6.58 Å². The predicted molar refractivity (Wildman–Crippen MR) is 32.5 cm³/mol. The van der Waals surface area contributed by atoms with Crippen molar-refractivity contribution in [3.8, 4) is 0 Å². The van der Waals surface area contributed by atoms with Gasteiger partial charge in [0.15, 0.2) is 0 Å². The van der Waals surface area contributed by atoms with Gasteiger partial charge >= 0.3 is 0 Å². The van der Waals surface area contributed by atoms with Crippen molar-refractivity contribution in [1.29, 1.82) is 0 Å². The zero-order valence-electron chi connectivity index (χ0n) is 5.11. The minimum absolute atomic E-state index is 0.153. The van der Waals surface area contributed by atoms with E-state index in [2.05, 4.69) is 6.58 Å². The Hall–Kier alpha value is -0.590. The van der Waals surface area contributed by atoms with Crippen LogP contribution >= 0.6 is 0 Å². The van der Waals surface area contributed by atoms with E-state index in [1.807, 2.05) is 6.92 Å². The summed E-state index contributed by atoms with van der Waals surface area (Å²) in [6.07, 6.45) is 3.50. The first kappa shape index (κ1) is 5.54. The van der Waals surface area contributed by atoms with E-state index < -0.39 is 0 Å². The van der Waals surface area contributed by atoms with Gasteiger partial charge < -0.3 is 0 Å². The van der Waals surface area contributed by atoms with Crippen LogP contribution in [0.3, 0.4) is 0 Å². The molecular weight excluding hydrogens is 100 g/mol. The first-order valence-electron chi connectivity index (χ1n) is 2.86. The molecule has 1 atom stereocenters. The van der Waals surface area contributed by atoms with Gasteiger partial charge in [0.25, 0.3) is 0 Å². The van der Waals surface area contributed by atoms with Crippen LogP contribution in [0.5, 0.6) is 0 Å². The van der Waals surface area contributed by atoms with Crippen LogP contribution in [0.1, 0.15) is 19.8 Å². The Bertz CT molecular complexity index is 137. The standard InChI is InChI=1S/C7H10O/c1-3-7(2)5-4-6(7)8/h3H,1,4-5H2,2H3/t7-/m0/s1. The highest BCUT2D eigenvalue weighted by Crippen LogP contribution is 2.37. The Labute approximate surface area is 49.4 Å². The summed E-state index contributed by atoms with van der Waals surface area (Å²) in [7, 11) is 0. The monoisotopic (exact) mass is 110 g/mol. The van der Waals surface area contributed by atoms with E-state index in [-0.39, 0.29) is 5.41 Å². The van der Waals surface area contributed by atoms with Crippen molar-refractivity contribution >= 4 is 5.78 Å². The number of hydrogen-bond donors (Lipinski definition) is 0. The van der Waals surface area contributed by atoms with Gasteiger partial charge in [-0.1, -0.05) is 6.08 Å². The van der Waals surface area contributed by atoms with Gasteiger partial charge in [0.05, 0.1) is 0 Å². The second-order valence-electron chi connectivity index (χ2n) is 2.54. The molecule has 0 aromatic heterocycles. The smallest absolute Gasteiger partial charge is 0.142 e. The van der Waals surface area contributed by atoms with Crippen molar-refractivity contribution in [1.82, 2.24) is 0 Å². The van der Waals surface area contributed by atoms with Gasteiger partial charge in [-0.05, 0) is 13.3 Å². The largest absolute Gasteiger partial charge is 0.299 e. The summed E-state index contributed by atoms with van der Waals surface area (Å²) in [5.74, 6) is 0.340. The molecule has 0 aromatic rings. The van der Waals surface area contributed by atoms with Crippen LogP contribution < -0.4 is 0 Å². The van der Waals surface area contributed by atoms with Crippen LogP contribution in [0.25, 0.3) is 0 Å². The normalized spacial score (nSPS) is 36.4. The summed E-state index contributed by atoms with van der Waals surface area (Å²) in [6, 6.07) is 0. The third-order valence-electron chi connectivity index (χ3n) is 1.96. The molecule has 0 aromatic carbocycles. The molecule has 1 heteroatoms. The van der Waals surface area contributed by atoms with E-state index >= 15 is 0 Å². The Balaban J connectivity index is 2.68. The molecular formula is C7H10O. The topological polar surface area (TPSA) is 17.1 Å². The highest BCUT2D eigenvalue weighted by Gasteiger charge is 2.37. The van der Waals surface area contributed by atoms with Gasteiger partial charge in [-0.25, -0.2) is 0 Å². The van der Waals surface area contributed by atoms with E-state index in [0.29, 0.717) is 5.78 Å². The molecule has 1 aliphatic rings. The lowest BCUT2D eigenvalue weighted by Gasteiger charge is -2.32. The minimum atomic E-state index is -0.153. The van der Waals surface area contributed by atoms with Crippen molar-refractivity contribution in [2.75, 3.05) is 0 Å². The predicted octanol–water partition coefficient (Wildman–Crippen LogP) is 1.54. The SMILES string of the molecule is C=C[C@@]1(C)CCC1=O. The average molecular weight is 110 g/mol. The number of carbonyl (C=O) groups is 1. The lowest BCUT2D eigenvalue weighted by Crippen LogP contribution is -2.35. The number of allylic oxidation sites excluding steroid dienone is 1. The molecule has 1 nitrogen and oxygen atoms in total. The van der Waals surface area contributed by atoms with Crippen molar-refractivity contribution in [3.05, 3.63) is 12.7 Å². The van der Waals surface area contributed by atoms with Crippen molar-refractivity contribution < 1.29 is 4.79 Å². The van der Waals surface area contributed by atoms with Gasteiger partial charge in [0, 0.05) is 11.8 Å². The lowest BCUT2D eigenvalue weighted by atomic mass is 9.69. The third kappa shape index (κ3) is 0.507. The fourth-order valence-electron chi connectivity index (χ4n) is 0.837. The second kappa shape index (κ2) is 1.44. The van der Waals surface area contributed by atoms with Crippen molar-refractivity contribution in [2.45, 2.75) is 19.8 Å². The van der Waals surface area contributed by atoms with Gasteiger partial charge in [-0.2, -0.15) is 0 Å². The van der Waals surface area contributed by atoms with Crippen molar-refractivity contribution in [2.24, 2.45) is 5.41 Å². The van der Waals surface area contributed by atoms with E-state index in [1.54, 1.807) is 6.08 Å². The number of hydrogen-bond acceptors (Lipinski definition) is 1. The fraction of sp³-hybridized carbons (Fsp3) is 0.571. The Morgan fingerprint density at radius 3 is 2.50 bits per heavy atom.